The van der Waals surface area contributed by atoms with Gasteiger partial charge >= 0.3 is 6.09 Å². The van der Waals surface area contributed by atoms with Gasteiger partial charge < -0.3 is 14.8 Å². The molecule has 9 nitrogen and oxygen atoms in total. The van der Waals surface area contributed by atoms with Gasteiger partial charge in [-0.15, -0.1) is 0 Å². The van der Waals surface area contributed by atoms with Gasteiger partial charge in [-0.05, 0) is 51.5 Å². The van der Waals surface area contributed by atoms with Crippen molar-refractivity contribution in [3.8, 4) is 5.75 Å². The van der Waals surface area contributed by atoms with Crippen molar-refractivity contribution in [3.05, 3.63) is 56.3 Å². The molecule has 2 N–H and O–H groups in total. The van der Waals surface area contributed by atoms with E-state index in [9.17, 15) is 19.2 Å². The van der Waals surface area contributed by atoms with Gasteiger partial charge in [-0.25, -0.2) is 4.79 Å². The third-order valence-electron chi connectivity index (χ3n) is 5.28. The van der Waals surface area contributed by atoms with Gasteiger partial charge in [-0.1, -0.05) is 57.5 Å². The van der Waals surface area contributed by atoms with Crippen LogP contribution in [0.15, 0.2) is 39.9 Å². The first kappa shape index (κ1) is 28.9. The fourth-order valence-electron chi connectivity index (χ4n) is 3.53. The van der Waals surface area contributed by atoms with E-state index in [0.29, 0.717) is 19.4 Å². The number of rotatable bonds is 13. The fourth-order valence-corrected chi connectivity index (χ4v) is 3.53. The molecule has 1 atom stereocenters. The van der Waals surface area contributed by atoms with Crippen molar-refractivity contribution in [2.24, 2.45) is 5.92 Å². The second-order valence-corrected chi connectivity index (χ2v) is 10.2. The average Bonchev–Trinajstić information content (AvgIpc) is 2.80. The predicted molar refractivity (Wildman–Crippen MR) is 140 cm³/mol. The summed E-state index contributed by atoms with van der Waals surface area (Å²) in [4.78, 5) is 50.5. The molecule has 0 aromatic heterocycles. The van der Waals surface area contributed by atoms with Crippen LogP contribution in [0.4, 0.5) is 10.5 Å². The maximum Gasteiger partial charge on any atom is 0.408 e. The first-order valence-corrected chi connectivity index (χ1v) is 12.5. The van der Waals surface area contributed by atoms with E-state index in [-0.39, 0.29) is 23.9 Å². The van der Waals surface area contributed by atoms with Gasteiger partial charge in [0.05, 0.1) is 6.61 Å². The van der Waals surface area contributed by atoms with Crippen molar-refractivity contribution in [1.82, 2.24) is 10.7 Å². The Hall–Kier alpha value is -3.36. The maximum absolute atomic E-state index is 13.3. The summed E-state index contributed by atoms with van der Waals surface area (Å²) in [6, 6.07) is 8.67. The second-order valence-electron chi connectivity index (χ2n) is 10.2. The standard InChI is InChI=1S/C27H39N3O6/c1-7-8-16-35-24-21(22(31)23(24)32)30(15-14-19-12-10-9-11-13-19)29-25(33)20(17-18(2)3)28-26(34)36-27(4,5)6/h9-13,18,20H,7-8,14-17H2,1-6H3,(H,28,34)(H,29,33)/t20-/m0/s1. The highest BCUT2D eigenvalue weighted by molar-refractivity contribution is 5.87. The van der Waals surface area contributed by atoms with Crippen molar-refractivity contribution in [2.75, 3.05) is 18.2 Å². The zero-order valence-electron chi connectivity index (χ0n) is 22.2. The molecule has 0 fully saturated rings. The van der Waals surface area contributed by atoms with E-state index in [1.165, 1.54) is 5.01 Å². The predicted octanol–water partition coefficient (Wildman–Crippen LogP) is 3.48. The molecule has 198 valence electrons. The van der Waals surface area contributed by atoms with E-state index in [1.807, 2.05) is 51.1 Å². The minimum absolute atomic E-state index is 0.0287. The summed E-state index contributed by atoms with van der Waals surface area (Å²) in [5.41, 5.74) is 1.63. The van der Waals surface area contributed by atoms with Crippen LogP contribution in [0.1, 0.15) is 66.4 Å². The van der Waals surface area contributed by atoms with E-state index in [4.69, 9.17) is 9.47 Å². The summed E-state index contributed by atoms with van der Waals surface area (Å²) >= 11 is 0. The van der Waals surface area contributed by atoms with Gasteiger partial charge in [0.1, 0.15) is 11.6 Å². The van der Waals surface area contributed by atoms with Gasteiger partial charge in [0.25, 0.3) is 16.8 Å². The molecule has 2 rings (SSSR count). The largest absolute Gasteiger partial charge is 0.487 e. The van der Waals surface area contributed by atoms with E-state index >= 15 is 0 Å². The molecule has 9 heteroatoms. The minimum atomic E-state index is -0.907. The number of hydrogen-bond donors (Lipinski definition) is 2. The number of alkyl carbamates (subject to hydrolysis) is 1. The number of anilines is 1. The molecular weight excluding hydrogens is 462 g/mol. The molecule has 0 unspecified atom stereocenters. The highest BCUT2D eigenvalue weighted by Gasteiger charge is 2.31. The Morgan fingerprint density at radius 2 is 1.72 bits per heavy atom. The van der Waals surface area contributed by atoms with Gasteiger partial charge in [0.2, 0.25) is 0 Å². The lowest BCUT2D eigenvalue weighted by Gasteiger charge is -2.30. The van der Waals surface area contributed by atoms with Crippen LogP contribution < -0.4 is 31.3 Å². The Morgan fingerprint density at radius 3 is 2.31 bits per heavy atom. The Kier molecular flexibility index (Phi) is 10.5. The number of carbonyl (C=O) groups is 2. The maximum atomic E-state index is 13.3. The van der Waals surface area contributed by atoms with E-state index in [1.54, 1.807) is 20.8 Å². The number of amides is 2. The molecule has 0 spiro atoms. The van der Waals surface area contributed by atoms with E-state index in [2.05, 4.69) is 10.7 Å². The van der Waals surface area contributed by atoms with Crippen LogP contribution in [0.5, 0.6) is 5.75 Å². The first-order valence-electron chi connectivity index (χ1n) is 12.5. The lowest BCUT2D eigenvalue weighted by Crippen LogP contribution is -2.56. The van der Waals surface area contributed by atoms with Crippen molar-refractivity contribution in [1.29, 1.82) is 0 Å². The molecule has 0 saturated heterocycles. The molecule has 0 aliphatic rings. The average molecular weight is 502 g/mol. The number of nitrogens with one attached hydrogen (secondary N) is 2. The quantitative estimate of drug-likeness (QED) is 0.245. The summed E-state index contributed by atoms with van der Waals surface area (Å²) in [7, 11) is 0. The smallest absolute Gasteiger partial charge is 0.408 e. The normalized spacial score (nSPS) is 12.3. The van der Waals surface area contributed by atoms with Gasteiger partial charge in [-0.3, -0.25) is 24.8 Å². The van der Waals surface area contributed by atoms with Crippen LogP contribution in [-0.2, 0) is 16.0 Å². The Balaban J connectivity index is 2.28. The van der Waals surface area contributed by atoms with Crippen molar-refractivity contribution < 1.29 is 19.1 Å². The topological polar surface area (TPSA) is 114 Å². The first-order chi connectivity index (χ1) is 16.9. The van der Waals surface area contributed by atoms with Gasteiger partial charge in [0.15, 0.2) is 11.4 Å². The zero-order valence-corrected chi connectivity index (χ0v) is 22.2. The number of carbonyl (C=O) groups excluding carboxylic acids is 2. The SMILES string of the molecule is CCCCOc1c(N(CCc2ccccc2)NC(=O)[C@H](CC(C)C)NC(=O)OC(C)(C)C)c(=O)c1=O. The van der Waals surface area contributed by atoms with Crippen LogP contribution in [0.3, 0.4) is 0 Å². The molecule has 2 aromatic rings. The van der Waals surface area contributed by atoms with E-state index < -0.39 is 34.5 Å². The summed E-state index contributed by atoms with van der Waals surface area (Å²) in [5.74, 6) is -0.468. The third-order valence-corrected chi connectivity index (χ3v) is 5.28. The lowest BCUT2D eigenvalue weighted by atomic mass is 10.0. The molecule has 0 aliphatic heterocycles. The third kappa shape index (κ3) is 8.70. The molecule has 0 bridgehead atoms. The number of unbranched alkanes of at least 4 members (excludes halogenated alkanes) is 1. The molecule has 0 radical (unpaired) electrons. The molecule has 36 heavy (non-hydrogen) atoms. The van der Waals surface area contributed by atoms with Crippen molar-refractivity contribution in [2.45, 2.75) is 78.9 Å². The van der Waals surface area contributed by atoms with E-state index in [0.717, 1.165) is 18.4 Å². The molecule has 0 heterocycles. The van der Waals surface area contributed by atoms with Crippen LogP contribution in [-0.4, -0.2) is 36.8 Å². The summed E-state index contributed by atoms with van der Waals surface area (Å²) < 4.78 is 10.9. The molecule has 2 aromatic carbocycles. The molecule has 0 saturated carbocycles. The molecule has 2 amide bonds. The number of nitrogens with zero attached hydrogens (tertiary/aromatic N) is 1. The monoisotopic (exact) mass is 501 g/mol. The van der Waals surface area contributed by atoms with Gasteiger partial charge in [-0.2, -0.15) is 0 Å². The van der Waals surface area contributed by atoms with Crippen molar-refractivity contribution in [3.63, 3.8) is 0 Å². The van der Waals surface area contributed by atoms with Crippen LogP contribution >= 0.6 is 0 Å². The molecular formula is C27H39N3O6. The molecule has 0 aliphatic carbocycles. The highest BCUT2D eigenvalue weighted by atomic mass is 16.6. The Labute approximate surface area is 212 Å². The number of benzene rings is 1. The van der Waals surface area contributed by atoms with Crippen LogP contribution in [0.2, 0.25) is 0 Å². The second kappa shape index (κ2) is 13.1. The number of hydrogen-bond acceptors (Lipinski definition) is 7. The number of hydrazine groups is 1. The summed E-state index contributed by atoms with van der Waals surface area (Å²) in [5, 5.41) is 4.00. The van der Waals surface area contributed by atoms with Gasteiger partial charge in [0, 0.05) is 6.54 Å². The lowest BCUT2D eigenvalue weighted by molar-refractivity contribution is -0.123. The minimum Gasteiger partial charge on any atom is -0.487 e. The fraction of sp³-hybridized carbons (Fsp3) is 0.556. The summed E-state index contributed by atoms with van der Waals surface area (Å²) in [6.45, 7) is 11.6. The van der Waals surface area contributed by atoms with Crippen molar-refractivity contribution >= 4 is 17.7 Å². The Morgan fingerprint density at radius 1 is 1.06 bits per heavy atom. The summed E-state index contributed by atoms with van der Waals surface area (Å²) in [6.07, 6.45) is 1.74. The zero-order chi connectivity index (χ0) is 26.9. The Bertz CT molecular complexity index is 1070. The van der Waals surface area contributed by atoms with Crippen LogP contribution in [0, 0.1) is 5.92 Å². The number of ether oxygens (including phenoxy) is 2. The van der Waals surface area contributed by atoms with Crippen LogP contribution in [0.25, 0.3) is 0 Å². The highest BCUT2D eigenvalue weighted by Crippen LogP contribution is 2.22.